The number of ether oxygens (including phenoxy) is 2. The minimum absolute atomic E-state index is 0.0488. The molecule has 212 valence electrons. The molecule has 4 fully saturated rings. The summed E-state index contributed by atoms with van der Waals surface area (Å²) in [5.41, 5.74) is -1.24. The molecule has 1 unspecified atom stereocenters. The number of hydrogen-bond donors (Lipinski definition) is 0. The Bertz CT molecular complexity index is 1330. The number of carbonyl (C=O) groups is 1. The topological polar surface area (TPSA) is 71.0 Å². The first-order valence-corrected chi connectivity index (χ1v) is 14.7. The van der Waals surface area contributed by atoms with E-state index in [1.54, 1.807) is 11.0 Å². The highest BCUT2D eigenvalue weighted by molar-refractivity contribution is 9.10. The average molecular weight is 629 g/mol. The lowest BCUT2D eigenvalue weighted by Crippen LogP contribution is -2.64. The first-order valence-electron chi connectivity index (χ1n) is 13.5. The van der Waals surface area contributed by atoms with Crippen LogP contribution in [0.25, 0.3) is 10.9 Å². The van der Waals surface area contributed by atoms with Gasteiger partial charge < -0.3 is 19.3 Å². The fourth-order valence-electron chi connectivity index (χ4n) is 6.69. The number of anilines is 1. The molecule has 8 nitrogen and oxygen atoms in total. The zero-order chi connectivity index (χ0) is 27.7. The molecule has 0 aliphatic carbocycles. The molecule has 1 aromatic heterocycles. The van der Waals surface area contributed by atoms with E-state index in [4.69, 9.17) is 26.1 Å². The van der Waals surface area contributed by atoms with E-state index in [0.717, 1.165) is 32.2 Å². The highest BCUT2D eigenvalue weighted by Gasteiger charge is 2.53. The van der Waals surface area contributed by atoms with Gasteiger partial charge in [-0.05, 0) is 75.0 Å². The van der Waals surface area contributed by atoms with E-state index in [1.165, 1.54) is 0 Å². The fraction of sp³-hybridized carbons (Fsp3) is 0.667. The molecule has 0 saturated carbocycles. The predicted octanol–water partition coefficient (Wildman–Crippen LogP) is 5.73. The number of hydrogen-bond acceptors (Lipinski definition) is 7. The summed E-state index contributed by atoms with van der Waals surface area (Å²) >= 11 is 9.58. The van der Waals surface area contributed by atoms with Gasteiger partial charge in [-0.15, -0.1) is 0 Å². The van der Waals surface area contributed by atoms with Gasteiger partial charge in [0.2, 0.25) is 0 Å². The van der Waals surface area contributed by atoms with Crippen LogP contribution in [0.2, 0.25) is 5.02 Å². The van der Waals surface area contributed by atoms with Crippen molar-refractivity contribution in [3.05, 3.63) is 21.4 Å². The van der Waals surface area contributed by atoms with Crippen molar-refractivity contribution < 1.29 is 23.0 Å². The van der Waals surface area contributed by atoms with Crippen LogP contribution < -0.4 is 9.64 Å². The maximum Gasteiger partial charge on any atom is 0.410 e. The van der Waals surface area contributed by atoms with E-state index < -0.39 is 17.6 Å². The van der Waals surface area contributed by atoms with E-state index in [-0.39, 0.29) is 44.8 Å². The Morgan fingerprint density at radius 3 is 2.72 bits per heavy atom. The number of fused-ring (bicyclic) bond motifs is 2. The van der Waals surface area contributed by atoms with Gasteiger partial charge in [-0.25, -0.2) is 13.6 Å². The predicted molar refractivity (Wildman–Crippen MR) is 148 cm³/mol. The van der Waals surface area contributed by atoms with Crippen LogP contribution in [0.3, 0.4) is 0 Å². The van der Waals surface area contributed by atoms with Crippen LogP contribution in [0.1, 0.15) is 52.9 Å². The fourth-order valence-corrected chi connectivity index (χ4v) is 7.19. The zero-order valence-electron chi connectivity index (χ0n) is 22.4. The van der Waals surface area contributed by atoms with Gasteiger partial charge in [0.15, 0.2) is 5.82 Å². The molecule has 6 rings (SSSR count). The third-order valence-corrected chi connectivity index (χ3v) is 9.94. The molecule has 4 aliphatic heterocycles. The summed E-state index contributed by atoms with van der Waals surface area (Å²) in [5.74, 6) is -0.0870. The molecular weight excluding hydrogens is 596 g/mol. The van der Waals surface area contributed by atoms with Crippen LogP contribution in [0.5, 0.6) is 6.01 Å². The van der Waals surface area contributed by atoms with Gasteiger partial charge >= 0.3 is 12.1 Å². The van der Waals surface area contributed by atoms with Crippen LogP contribution in [-0.4, -0.2) is 88.0 Å². The molecular formula is C27H33BrClF2N5O3. The van der Waals surface area contributed by atoms with Crippen molar-refractivity contribution in [1.29, 1.82) is 0 Å². The van der Waals surface area contributed by atoms with E-state index in [9.17, 15) is 9.18 Å². The third-order valence-electron chi connectivity index (χ3n) is 8.64. The summed E-state index contributed by atoms with van der Waals surface area (Å²) in [6, 6.07) is 1.70. The van der Waals surface area contributed by atoms with Gasteiger partial charge in [0.25, 0.3) is 0 Å². The molecule has 3 atom stereocenters. The normalized spacial score (nSPS) is 28.8. The minimum atomic E-state index is -0.881. The van der Waals surface area contributed by atoms with Crippen molar-refractivity contribution >= 4 is 50.3 Å². The summed E-state index contributed by atoms with van der Waals surface area (Å²) < 4.78 is 41.6. The van der Waals surface area contributed by atoms with Gasteiger partial charge in [-0.1, -0.05) is 11.6 Å². The van der Waals surface area contributed by atoms with Crippen LogP contribution in [-0.2, 0) is 4.74 Å². The van der Waals surface area contributed by atoms with E-state index in [2.05, 4.69) is 25.8 Å². The molecule has 5 heterocycles. The lowest BCUT2D eigenvalue weighted by molar-refractivity contribution is -0.0362. The second-order valence-electron chi connectivity index (χ2n) is 12.4. The Hall–Kier alpha value is -1.98. The van der Waals surface area contributed by atoms with Crippen molar-refractivity contribution in [1.82, 2.24) is 19.8 Å². The summed E-state index contributed by atoms with van der Waals surface area (Å²) in [6.45, 7) is 8.83. The molecule has 1 aromatic carbocycles. The second kappa shape index (κ2) is 9.55. The molecule has 39 heavy (non-hydrogen) atoms. The van der Waals surface area contributed by atoms with Gasteiger partial charge in [0.05, 0.1) is 20.6 Å². The third kappa shape index (κ3) is 4.72. The Morgan fingerprint density at radius 1 is 1.23 bits per heavy atom. The SMILES string of the molecule is CC(C)(C)OC(=O)N1CCC12CCN(c1nc(OC[C@@]34CCCN3C[C@H](F)C4)nc3c(F)c(Br)c(Cl)cc13)C2. The number of benzene rings is 1. The number of alkyl halides is 1. The van der Waals surface area contributed by atoms with Crippen molar-refractivity contribution in [2.75, 3.05) is 44.2 Å². The molecule has 4 aliphatic rings. The number of aromatic nitrogens is 2. The van der Waals surface area contributed by atoms with Crippen LogP contribution in [0.4, 0.5) is 19.4 Å². The Morgan fingerprint density at radius 2 is 2.00 bits per heavy atom. The summed E-state index contributed by atoms with van der Waals surface area (Å²) in [5, 5.41) is 0.686. The molecule has 0 N–H and O–H groups in total. The lowest BCUT2D eigenvalue weighted by atomic mass is 9.84. The molecule has 2 aromatic rings. The molecule has 0 bridgehead atoms. The largest absolute Gasteiger partial charge is 0.461 e. The Balaban J connectivity index is 1.31. The lowest BCUT2D eigenvalue weighted by Gasteiger charge is -2.50. The second-order valence-corrected chi connectivity index (χ2v) is 13.6. The van der Waals surface area contributed by atoms with Crippen molar-refractivity contribution in [3.8, 4) is 6.01 Å². The van der Waals surface area contributed by atoms with Crippen LogP contribution >= 0.6 is 27.5 Å². The quantitative estimate of drug-likeness (QED) is 0.401. The zero-order valence-corrected chi connectivity index (χ0v) is 24.7. The highest BCUT2D eigenvalue weighted by Crippen LogP contribution is 2.44. The van der Waals surface area contributed by atoms with Crippen molar-refractivity contribution in [3.63, 3.8) is 0 Å². The van der Waals surface area contributed by atoms with Gasteiger partial charge in [0, 0.05) is 38.0 Å². The van der Waals surface area contributed by atoms with Crippen LogP contribution in [0, 0.1) is 5.82 Å². The number of likely N-dealkylation sites (tertiary alicyclic amines) is 1. The number of amides is 1. The van der Waals surface area contributed by atoms with Gasteiger partial charge in [-0.2, -0.15) is 9.97 Å². The number of halogens is 4. The molecule has 0 radical (unpaired) electrons. The first-order chi connectivity index (χ1) is 18.4. The maximum atomic E-state index is 15.4. The summed E-state index contributed by atoms with van der Waals surface area (Å²) in [6.07, 6.45) is 2.62. The summed E-state index contributed by atoms with van der Waals surface area (Å²) in [4.78, 5) is 28.1. The molecule has 1 spiro atoms. The Labute approximate surface area is 240 Å². The first kappa shape index (κ1) is 27.2. The minimum Gasteiger partial charge on any atom is -0.461 e. The van der Waals surface area contributed by atoms with Crippen molar-refractivity contribution in [2.45, 2.75) is 75.7 Å². The maximum absolute atomic E-state index is 15.4. The smallest absolute Gasteiger partial charge is 0.410 e. The van der Waals surface area contributed by atoms with Gasteiger partial charge in [-0.3, -0.25) is 4.90 Å². The average Bonchev–Trinajstić information content (AvgIpc) is 3.53. The molecule has 1 amide bonds. The highest BCUT2D eigenvalue weighted by atomic mass is 79.9. The monoisotopic (exact) mass is 627 g/mol. The molecule has 12 heteroatoms. The van der Waals surface area contributed by atoms with Gasteiger partial charge in [0.1, 0.15) is 29.7 Å². The van der Waals surface area contributed by atoms with Crippen molar-refractivity contribution in [2.24, 2.45) is 0 Å². The summed E-state index contributed by atoms with van der Waals surface area (Å²) in [7, 11) is 0. The van der Waals surface area contributed by atoms with E-state index in [0.29, 0.717) is 43.8 Å². The van der Waals surface area contributed by atoms with E-state index >= 15 is 4.39 Å². The number of carbonyl (C=O) groups excluding carboxylic acids is 1. The standard InChI is InChI=1S/C27H33BrClF2N5O3/c1-25(2,3)39-24(37)36-10-7-26(36)6-9-34(14-26)22-17-11-18(29)19(28)20(31)21(17)32-23(33-22)38-15-27-5-4-8-35(27)13-16(30)12-27/h11,16H,4-10,12-15H2,1-3H3/t16-,26?,27+/m1/s1. The number of rotatable bonds is 4. The Kier molecular flexibility index (Phi) is 6.66. The van der Waals surface area contributed by atoms with E-state index in [1.807, 2.05) is 25.7 Å². The van der Waals surface area contributed by atoms with Crippen LogP contribution in [0.15, 0.2) is 10.5 Å². The molecule has 4 saturated heterocycles. The number of nitrogens with zero attached hydrogens (tertiary/aromatic N) is 5.